The smallest absolute Gasteiger partial charge is 0.195 e. The van der Waals surface area contributed by atoms with Crippen LogP contribution in [0, 0.1) is 11.8 Å². The number of hydrogen-bond acceptors (Lipinski definition) is 3. The number of rotatable bonds is 2. The molecule has 2 aromatic rings. The molecule has 0 radical (unpaired) electrons. The molecule has 3 atom stereocenters. The minimum absolute atomic E-state index is 0.568. The van der Waals surface area contributed by atoms with Crippen LogP contribution in [0.3, 0.4) is 0 Å². The summed E-state index contributed by atoms with van der Waals surface area (Å²) in [6, 6.07) is 0.568. The Kier molecular flexibility index (Phi) is 3.60. The number of halogens is 1. The maximum absolute atomic E-state index is 4.86. The van der Waals surface area contributed by atoms with Crippen molar-refractivity contribution in [2.45, 2.75) is 38.6 Å². The number of anilines is 1. The number of imidazole rings is 1. The van der Waals surface area contributed by atoms with Gasteiger partial charge in [-0.2, -0.15) is 0 Å². The average molecular weight is 342 g/mol. The molecule has 2 aromatic heterocycles. The normalized spacial score (nSPS) is 28.2. The molecule has 1 aliphatic heterocycles. The third-order valence-electron chi connectivity index (χ3n) is 4.34. The third kappa shape index (κ3) is 2.21. The Hall–Kier alpha value is -0.550. The molecule has 1 fully saturated rings. The summed E-state index contributed by atoms with van der Waals surface area (Å²) in [4.78, 5) is 8.47. The minimum Gasteiger partial charge on any atom is -0.352 e. The second-order valence-corrected chi connectivity index (χ2v) is 7.22. The van der Waals surface area contributed by atoms with Gasteiger partial charge in [-0.25, -0.2) is 4.98 Å². The van der Waals surface area contributed by atoms with Crippen molar-refractivity contribution in [3.8, 4) is 0 Å². The van der Waals surface area contributed by atoms with Gasteiger partial charge in [-0.05, 0) is 25.2 Å². The molecular formula is C14H20BrN3S. The molecule has 19 heavy (non-hydrogen) atoms. The van der Waals surface area contributed by atoms with Crippen molar-refractivity contribution in [1.29, 1.82) is 0 Å². The molecule has 3 heterocycles. The molecule has 0 aromatic carbocycles. The second kappa shape index (κ2) is 5.09. The lowest BCUT2D eigenvalue weighted by Gasteiger charge is -2.41. The minimum atomic E-state index is 0.568. The molecule has 0 aliphatic carbocycles. The van der Waals surface area contributed by atoms with Gasteiger partial charge in [-0.15, -0.1) is 11.3 Å². The van der Waals surface area contributed by atoms with Crippen molar-refractivity contribution in [2.75, 3.05) is 11.4 Å². The summed E-state index contributed by atoms with van der Waals surface area (Å²) in [5.74, 6) is 2.65. The molecule has 0 bridgehead atoms. The molecule has 3 rings (SSSR count). The molecule has 1 aliphatic rings. The zero-order valence-corrected chi connectivity index (χ0v) is 14.0. The first kappa shape index (κ1) is 13.4. The Bertz CT molecular complexity index is 576. The van der Waals surface area contributed by atoms with Crippen molar-refractivity contribution >= 4 is 38.0 Å². The predicted molar refractivity (Wildman–Crippen MR) is 85.5 cm³/mol. The summed E-state index contributed by atoms with van der Waals surface area (Å²) in [5, 5.41) is 2.95. The molecule has 0 spiro atoms. The highest BCUT2D eigenvalue weighted by Gasteiger charge is 2.32. The molecule has 0 amide bonds. The summed E-state index contributed by atoms with van der Waals surface area (Å²) >= 11 is 5.34. The van der Waals surface area contributed by atoms with Crippen LogP contribution in [0.4, 0.5) is 5.82 Å². The molecule has 3 nitrogen and oxygen atoms in total. The van der Waals surface area contributed by atoms with Crippen molar-refractivity contribution in [3.63, 3.8) is 0 Å². The van der Waals surface area contributed by atoms with E-state index in [2.05, 4.69) is 57.6 Å². The van der Waals surface area contributed by atoms with Crippen LogP contribution >= 0.6 is 27.3 Å². The Labute approximate surface area is 126 Å². The summed E-state index contributed by atoms with van der Waals surface area (Å²) in [7, 11) is 0. The van der Waals surface area contributed by atoms with Crippen LogP contribution in [-0.2, 0) is 5.33 Å². The predicted octanol–water partition coefficient (Wildman–Crippen LogP) is 4.16. The molecular weight excluding hydrogens is 322 g/mol. The van der Waals surface area contributed by atoms with E-state index in [9.17, 15) is 0 Å². The maximum atomic E-state index is 4.86. The number of piperidine rings is 1. The van der Waals surface area contributed by atoms with Crippen LogP contribution in [0.5, 0.6) is 0 Å². The fraction of sp³-hybridized carbons (Fsp3) is 0.643. The number of alkyl halides is 1. The van der Waals surface area contributed by atoms with Gasteiger partial charge in [0.2, 0.25) is 0 Å². The third-order valence-corrected chi connectivity index (χ3v) is 5.62. The van der Waals surface area contributed by atoms with Crippen LogP contribution < -0.4 is 4.90 Å². The Balaban J connectivity index is 2.04. The SMILES string of the molecule is CC1CC(C)C(C)N(c2nc3sccn3c2CBr)C1. The molecule has 0 saturated carbocycles. The highest BCUT2D eigenvalue weighted by molar-refractivity contribution is 9.08. The lowest BCUT2D eigenvalue weighted by atomic mass is 9.86. The van der Waals surface area contributed by atoms with E-state index in [1.165, 1.54) is 17.9 Å². The van der Waals surface area contributed by atoms with Crippen LogP contribution in [0.2, 0.25) is 0 Å². The summed E-state index contributed by atoms with van der Waals surface area (Å²) in [6.07, 6.45) is 3.44. The van der Waals surface area contributed by atoms with Gasteiger partial charge >= 0.3 is 0 Å². The Morgan fingerprint density at radius 1 is 1.42 bits per heavy atom. The molecule has 1 saturated heterocycles. The first-order chi connectivity index (χ1) is 9.11. The maximum Gasteiger partial charge on any atom is 0.195 e. The van der Waals surface area contributed by atoms with Crippen molar-refractivity contribution in [2.24, 2.45) is 11.8 Å². The van der Waals surface area contributed by atoms with Crippen molar-refractivity contribution in [3.05, 3.63) is 17.3 Å². The lowest BCUT2D eigenvalue weighted by Crippen LogP contribution is -2.46. The lowest BCUT2D eigenvalue weighted by molar-refractivity contribution is 0.295. The highest BCUT2D eigenvalue weighted by atomic mass is 79.9. The second-order valence-electron chi connectivity index (χ2n) is 5.78. The fourth-order valence-electron chi connectivity index (χ4n) is 3.17. The zero-order chi connectivity index (χ0) is 13.6. The van der Waals surface area contributed by atoms with E-state index in [-0.39, 0.29) is 0 Å². The summed E-state index contributed by atoms with van der Waals surface area (Å²) < 4.78 is 2.21. The zero-order valence-electron chi connectivity index (χ0n) is 11.6. The van der Waals surface area contributed by atoms with Gasteiger partial charge in [0.1, 0.15) is 0 Å². The Morgan fingerprint density at radius 2 is 2.21 bits per heavy atom. The van der Waals surface area contributed by atoms with Gasteiger partial charge in [0.05, 0.1) is 5.69 Å². The molecule has 0 N–H and O–H groups in total. The van der Waals surface area contributed by atoms with E-state index < -0.39 is 0 Å². The van der Waals surface area contributed by atoms with E-state index in [1.807, 2.05) is 0 Å². The topological polar surface area (TPSA) is 20.5 Å². The first-order valence-corrected chi connectivity index (χ1v) is 8.89. The summed E-state index contributed by atoms with van der Waals surface area (Å²) in [6.45, 7) is 8.17. The molecule has 5 heteroatoms. The van der Waals surface area contributed by atoms with Gasteiger partial charge in [0, 0.05) is 29.5 Å². The van der Waals surface area contributed by atoms with Gasteiger partial charge in [0.15, 0.2) is 10.8 Å². The quantitative estimate of drug-likeness (QED) is 0.764. The highest BCUT2D eigenvalue weighted by Crippen LogP contribution is 2.34. The van der Waals surface area contributed by atoms with E-state index in [4.69, 9.17) is 4.98 Å². The standard InChI is InChI=1S/C14H20BrN3S/c1-9-6-10(2)11(3)18(8-9)13-12(7-15)17-4-5-19-14(17)16-13/h4-5,9-11H,6-8H2,1-3H3. The monoisotopic (exact) mass is 341 g/mol. The van der Waals surface area contributed by atoms with E-state index >= 15 is 0 Å². The average Bonchev–Trinajstić information content (AvgIpc) is 2.93. The van der Waals surface area contributed by atoms with Crippen LogP contribution in [0.25, 0.3) is 4.96 Å². The molecule has 104 valence electrons. The number of fused-ring (bicyclic) bond motifs is 1. The number of thiazole rings is 1. The van der Waals surface area contributed by atoms with Gasteiger partial charge in [-0.3, -0.25) is 4.40 Å². The van der Waals surface area contributed by atoms with Crippen LogP contribution in [-0.4, -0.2) is 22.0 Å². The number of nitrogens with zero attached hydrogens (tertiary/aromatic N) is 3. The van der Waals surface area contributed by atoms with Gasteiger partial charge in [-0.1, -0.05) is 29.8 Å². The number of hydrogen-bond donors (Lipinski definition) is 0. The van der Waals surface area contributed by atoms with Gasteiger partial charge < -0.3 is 4.90 Å². The van der Waals surface area contributed by atoms with Crippen LogP contribution in [0.15, 0.2) is 11.6 Å². The van der Waals surface area contributed by atoms with Crippen LogP contribution in [0.1, 0.15) is 32.9 Å². The van der Waals surface area contributed by atoms with Crippen molar-refractivity contribution in [1.82, 2.24) is 9.38 Å². The van der Waals surface area contributed by atoms with E-state index in [0.717, 1.165) is 28.7 Å². The van der Waals surface area contributed by atoms with E-state index in [0.29, 0.717) is 6.04 Å². The Morgan fingerprint density at radius 3 is 2.95 bits per heavy atom. The summed E-state index contributed by atoms with van der Waals surface area (Å²) in [5.41, 5.74) is 1.28. The van der Waals surface area contributed by atoms with Gasteiger partial charge in [0.25, 0.3) is 0 Å². The largest absolute Gasteiger partial charge is 0.352 e. The fourth-order valence-corrected chi connectivity index (χ4v) is 4.42. The van der Waals surface area contributed by atoms with Crippen molar-refractivity contribution < 1.29 is 0 Å². The first-order valence-electron chi connectivity index (χ1n) is 6.88. The number of aromatic nitrogens is 2. The van der Waals surface area contributed by atoms with E-state index in [1.54, 1.807) is 11.3 Å². The molecule has 3 unspecified atom stereocenters.